The highest BCUT2D eigenvalue weighted by molar-refractivity contribution is 7.99. The molecule has 1 heterocycles. The summed E-state index contributed by atoms with van der Waals surface area (Å²) in [5, 5.41) is 3.54. The zero-order chi connectivity index (χ0) is 23.8. The largest absolute Gasteiger partial charge is 0.573 e. The summed E-state index contributed by atoms with van der Waals surface area (Å²) in [6.45, 7) is 2.85. The quantitative estimate of drug-likeness (QED) is 0.379. The summed E-state index contributed by atoms with van der Waals surface area (Å²) in [6.07, 6.45) is 3.90. The molecule has 3 nitrogen and oxygen atoms in total. The van der Waals surface area contributed by atoms with Crippen LogP contribution in [0.2, 0.25) is 0 Å². The summed E-state index contributed by atoms with van der Waals surface area (Å²) in [6, 6.07) is 17.0. The molecule has 0 spiro atoms. The number of hydrogen-bond acceptors (Lipinski definition) is 4. The Balaban J connectivity index is 1.41. The van der Waals surface area contributed by atoms with Gasteiger partial charge in [0, 0.05) is 48.4 Å². The Bertz CT molecular complexity index is 985. The lowest BCUT2D eigenvalue weighted by molar-refractivity contribution is -0.303. The highest BCUT2D eigenvalue weighted by Crippen LogP contribution is 2.37. The number of hydrogen-bond donors (Lipinski definition) is 1. The van der Waals surface area contributed by atoms with Gasteiger partial charge in [0.15, 0.2) is 0 Å². The number of allylic oxidation sites excluding steroid dienone is 3. The Labute approximate surface area is 204 Å². The van der Waals surface area contributed by atoms with Crippen LogP contribution in [0.3, 0.4) is 0 Å². The molecule has 2 aliphatic rings. The Kier molecular flexibility index (Phi) is 8.48. The summed E-state index contributed by atoms with van der Waals surface area (Å²) in [5.41, 5.74) is 4.75. The van der Waals surface area contributed by atoms with Gasteiger partial charge in [-0.25, -0.2) is 0 Å². The van der Waals surface area contributed by atoms with Crippen LogP contribution in [0.1, 0.15) is 36.3 Å². The first-order valence-electron chi connectivity index (χ1n) is 11.9. The third-order valence-corrected chi connectivity index (χ3v) is 7.08. The van der Waals surface area contributed by atoms with E-state index in [1.165, 1.54) is 23.4 Å². The van der Waals surface area contributed by atoms with Gasteiger partial charge >= 0.3 is 6.36 Å². The molecule has 1 aliphatic heterocycles. The average Bonchev–Trinajstić information content (AvgIpc) is 2.84. The van der Waals surface area contributed by atoms with Crippen LogP contribution in [0.15, 0.2) is 72.5 Å². The van der Waals surface area contributed by atoms with Gasteiger partial charge in [-0.05, 0) is 67.2 Å². The molecule has 4 rings (SSSR count). The predicted octanol–water partition coefficient (Wildman–Crippen LogP) is 7.14. The van der Waals surface area contributed by atoms with E-state index in [0.717, 1.165) is 61.7 Å². The zero-order valence-corrected chi connectivity index (χ0v) is 20.0. The zero-order valence-electron chi connectivity index (χ0n) is 19.2. The van der Waals surface area contributed by atoms with E-state index in [0.29, 0.717) is 6.42 Å². The molecule has 1 fully saturated rings. The summed E-state index contributed by atoms with van der Waals surface area (Å²) >= 11 is 1.96. The summed E-state index contributed by atoms with van der Waals surface area (Å²) in [7, 11) is 0. The minimum atomic E-state index is -4.66. The molecule has 0 bridgehead atoms. The van der Waals surface area contributed by atoms with Crippen LogP contribution < -0.4 is 10.2 Å². The molecule has 2 aromatic carbocycles. The van der Waals surface area contributed by atoms with Gasteiger partial charge in [-0.2, -0.15) is 11.8 Å². The van der Waals surface area contributed by atoms with E-state index in [4.69, 9.17) is 0 Å². The number of nitrogens with zero attached hydrogens (tertiary/aromatic N) is 1. The van der Waals surface area contributed by atoms with Crippen molar-refractivity contribution < 1.29 is 17.9 Å². The molecular formula is C27H31F3N2OS. The van der Waals surface area contributed by atoms with Gasteiger partial charge in [0.1, 0.15) is 5.76 Å². The molecule has 34 heavy (non-hydrogen) atoms. The van der Waals surface area contributed by atoms with Gasteiger partial charge in [-0.15, -0.1) is 13.2 Å². The van der Waals surface area contributed by atoms with Gasteiger partial charge in [-0.3, -0.25) is 0 Å². The molecule has 1 unspecified atom stereocenters. The first kappa shape index (κ1) is 24.6. The lowest BCUT2D eigenvalue weighted by Crippen LogP contribution is -2.33. The fraction of sp³-hybridized carbons (Fsp3) is 0.407. The number of ether oxygens (including phenoxy) is 1. The number of halogens is 3. The Hall–Kier alpha value is -2.54. The van der Waals surface area contributed by atoms with Gasteiger partial charge < -0.3 is 15.0 Å². The molecule has 0 amide bonds. The van der Waals surface area contributed by atoms with Gasteiger partial charge in [-0.1, -0.05) is 36.4 Å². The van der Waals surface area contributed by atoms with Crippen molar-refractivity contribution in [2.45, 2.75) is 38.0 Å². The van der Waals surface area contributed by atoms with Crippen LogP contribution in [-0.4, -0.2) is 37.5 Å². The Morgan fingerprint density at radius 1 is 1.03 bits per heavy atom. The fourth-order valence-electron chi connectivity index (χ4n) is 4.43. The summed E-state index contributed by atoms with van der Waals surface area (Å²) in [4.78, 5) is 2.40. The van der Waals surface area contributed by atoms with Crippen LogP contribution in [0, 0.1) is 0 Å². The van der Waals surface area contributed by atoms with Crippen LogP contribution in [-0.2, 0) is 11.2 Å². The number of benzene rings is 2. The number of unbranched alkanes of at least 4 members (excludes halogenated alkanes) is 1. The van der Waals surface area contributed by atoms with Crippen LogP contribution >= 0.6 is 11.8 Å². The van der Waals surface area contributed by atoms with Crippen LogP contribution in [0.4, 0.5) is 24.5 Å². The van der Waals surface area contributed by atoms with Gasteiger partial charge in [0.05, 0.1) is 0 Å². The molecule has 0 aromatic heterocycles. The lowest BCUT2D eigenvalue weighted by atomic mass is 9.90. The van der Waals surface area contributed by atoms with Crippen LogP contribution in [0.25, 0.3) is 0 Å². The lowest BCUT2D eigenvalue weighted by Gasteiger charge is -2.32. The number of alkyl halides is 3. The topological polar surface area (TPSA) is 24.5 Å². The molecular weight excluding hydrogens is 457 g/mol. The number of rotatable bonds is 9. The second kappa shape index (κ2) is 11.7. The SMILES string of the molecule is FC(F)(F)OC1=CCC(c2cc(NCCCCc3ccccc3)ccc2N2CCSCC2)C=C1. The number of thioether (sulfide) groups is 1. The van der Waals surface area contributed by atoms with Crippen molar-refractivity contribution in [2.24, 2.45) is 0 Å². The standard InChI is InChI=1S/C27H31F3N2OS/c28-27(29,30)33-24-12-9-22(10-13-24)25-20-23(11-14-26(25)32-16-18-34-19-17-32)31-15-5-4-8-21-6-2-1-3-7-21/h1-3,6-7,9,11-14,20,22,31H,4-5,8,10,15-19H2. The number of nitrogens with one attached hydrogen (secondary N) is 1. The Morgan fingerprint density at radius 2 is 1.82 bits per heavy atom. The molecule has 1 N–H and O–H groups in total. The van der Waals surface area contributed by atoms with Crippen molar-refractivity contribution in [3.8, 4) is 0 Å². The molecule has 7 heteroatoms. The second-order valence-corrected chi connectivity index (χ2v) is 9.82. The van der Waals surface area contributed by atoms with Crippen molar-refractivity contribution in [1.82, 2.24) is 0 Å². The number of anilines is 2. The molecule has 182 valence electrons. The Morgan fingerprint density at radius 3 is 2.53 bits per heavy atom. The molecule has 1 saturated heterocycles. The molecule has 0 saturated carbocycles. The van der Waals surface area contributed by atoms with Crippen molar-refractivity contribution >= 4 is 23.1 Å². The molecule has 0 radical (unpaired) electrons. The molecule has 2 aromatic rings. The van der Waals surface area contributed by atoms with Crippen LogP contribution in [0.5, 0.6) is 0 Å². The first-order chi connectivity index (χ1) is 16.5. The van der Waals surface area contributed by atoms with E-state index in [2.05, 4.69) is 57.4 Å². The summed E-state index contributed by atoms with van der Waals surface area (Å²) < 4.78 is 41.8. The van der Waals surface area contributed by atoms with E-state index in [1.54, 1.807) is 0 Å². The predicted molar refractivity (Wildman–Crippen MR) is 136 cm³/mol. The van der Waals surface area contributed by atoms with Gasteiger partial charge in [0.25, 0.3) is 0 Å². The van der Waals surface area contributed by atoms with E-state index in [-0.39, 0.29) is 11.7 Å². The second-order valence-electron chi connectivity index (χ2n) is 8.60. The molecule has 1 atom stereocenters. The third-order valence-electron chi connectivity index (χ3n) is 6.14. The maximum atomic E-state index is 12.6. The third kappa shape index (κ3) is 7.23. The summed E-state index contributed by atoms with van der Waals surface area (Å²) in [5.74, 6) is 2.06. The first-order valence-corrected chi connectivity index (χ1v) is 13.0. The average molecular weight is 489 g/mol. The van der Waals surface area contributed by atoms with Crippen molar-refractivity contribution in [2.75, 3.05) is 41.4 Å². The van der Waals surface area contributed by atoms with Crippen molar-refractivity contribution in [1.29, 1.82) is 0 Å². The number of aryl methyl sites for hydroxylation is 1. The van der Waals surface area contributed by atoms with E-state index in [1.807, 2.05) is 23.9 Å². The smallest absolute Gasteiger partial charge is 0.406 e. The normalized spacial score (nSPS) is 18.5. The van der Waals surface area contributed by atoms with E-state index in [9.17, 15) is 13.2 Å². The van der Waals surface area contributed by atoms with Crippen molar-refractivity contribution in [3.63, 3.8) is 0 Å². The maximum Gasteiger partial charge on any atom is 0.573 e. The maximum absolute atomic E-state index is 12.6. The molecule has 1 aliphatic carbocycles. The fourth-order valence-corrected chi connectivity index (χ4v) is 5.33. The van der Waals surface area contributed by atoms with Gasteiger partial charge in [0.2, 0.25) is 0 Å². The highest BCUT2D eigenvalue weighted by atomic mass is 32.2. The van der Waals surface area contributed by atoms with E-state index >= 15 is 0 Å². The minimum Gasteiger partial charge on any atom is -0.406 e. The highest BCUT2D eigenvalue weighted by Gasteiger charge is 2.32. The monoisotopic (exact) mass is 488 g/mol. The van der Waals surface area contributed by atoms with Crippen molar-refractivity contribution in [3.05, 3.63) is 83.6 Å². The minimum absolute atomic E-state index is 0.0185. The van der Waals surface area contributed by atoms with E-state index < -0.39 is 6.36 Å².